The molecule has 4 aromatic heterocycles. The molecule has 0 aliphatic carbocycles. The highest BCUT2D eigenvalue weighted by Crippen LogP contribution is 2.30. The maximum Gasteiger partial charge on any atom is 0.277 e. The summed E-state index contributed by atoms with van der Waals surface area (Å²) in [6, 6.07) is 5.57. The van der Waals surface area contributed by atoms with E-state index < -0.39 is 11.5 Å². The molecule has 0 spiro atoms. The van der Waals surface area contributed by atoms with Gasteiger partial charge in [-0.05, 0) is 45.7 Å². The van der Waals surface area contributed by atoms with Crippen LogP contribution in [0.25, 0.3) is 17.1 Å². The largest absolute Gasteiger partial charge is 0.444 e. The van der Waals surface area contributed by atoms with E-state index in [0.717, 1.165) is 28.3 Å². The van der Waals surface area contributed by atoms with E-state index in [1.165, 1.54) is 6.26 Å². The summed E-state index contributed by atoms with van der Waals surface area (Å²) in [7, 11) is 0. The van der Waals surface area contributed by atoms with Gasteiger partial charge in [-0.2, -0.15) is 0 Å². The Hall–Kier alpha value is -4.25. The molecule has 2 N–H and O–H groups in total. The Balaban J connectivity index is 1.44. The number of carbonyl (C=O) groups is 2. The number of hydrogen-bond donors (Lipinski definition) is 2. The molecule has 1 fully saturated rings. The van der Waals surface area contributed by atoms with E-state index in [1.54, 1.807) is 33.0 Å². The van der Waals surface area contributed by atoms with Crippen LogP contribution >= 0.6 is 0 Å². The second-order valence-corrected chi connectivity index (χ2v) is 10.6. The van der Waals surface area contributed by atoms with Gasteiger partial charge in [0.2, 0.25) is 11.8 Å². The van der Waals surface area contributed by atoms with Crippen LogP contribution in [-0.2, 0) is 11.2 Å². The minimum atomic E-state index is -0.790. The number of imidazole rings is 1. The van der Waals surface area contributed by atoms with Crippen LogP contribution in [0.4, 0.5) is 11.4 Å². The average Bonchev–Trinajstić information content (AvgIpc) is 3.54. The average molecular weight is 532 g/mol. The summed E-state index contributed by atoms with van der Waals surface area (Å²) in [5, 5.41) is 13.1. The second kappa shape index (κ2) is 10.5. The molecule has 0 aromatic carbocycles. The fraction of sp³-hybridized carbons (Fsp3) is 0.393. The number of nitrogens with one attached hydrogen (secondary N) is 1. The van der Waals surface area contributed by atoms with Crippen molar-refractivity contribution in [1.29, 1.82) is 0 Å². The molecule has 1 aliphatic heterocycles. The maximum atomic E-state index is 13.3. The van der Waals surface area contributed by atoms with Crippen molar-refractivity contribution in [2.45, 2.75) is 46.1 Å². The van der Waals surface area contributed by atoms with Crippen LogP contribution in [-0.4, -0.2) is 73.0 Å². The van der Waals surface area contributed by atoms with E-state index in [-0.39, 0.29) is 11.6 Å². The van der Waals surface area contributed by atoms with Crippen LogP contribution in [0.1, 0.15) is 49.1 Å². The van der Waals surface area contributed by atoms with Gasteiger partial charge in [0, 0.05) is 69.0 Å². The Morgan fingerprint density at radius 3 is 2.59 bits per heavy atom. The van der Waals surface area contributed by atoms with Crippen molar-refractivity contribution in [2.24, 2.45) is 0 Å². The summed E-state index contributed by atoms with van der Waals surface area (Å²) in [6.45, 7) is 9.45. The summed E-state index contributed by atoms with van der Waals surface area (Å²) in [5.41, 5.74) is 3.92. The highest BCUT2D eigenvalue weighted by Gasteiger charge is 2.24. The number of rotatable bonds is 7. The van der Waals surface area contributed by atoms with E-state index in [9.17, 15) is 14.7 Å². The number of carbonyl (C=O) groups excluding carboxylic acids is 2. The number of amides is 2. The first kappa shape index (κ1) is 26.4. The molecule has 5 heterocycles. The predicted molar refractivity (Wildman–Crippen MR) is 147 cm³/mol. The fourth-order valence-electron chi connectivity index (χ4n) is 4.63. The van der Waals surface area contributed by atoms with Crippen molar-refractivity contribution in [1.82, 2.24) is 24.3 Å². The maximum absolute atomic E-state index is 13.3. The SMILES string of the molecule is CC(=O)N1CCN(c2cc3nc(CCC(C)(C)O)cn3cc2NC(=O)c2coc(-c3ccnc(C)c3)n2)CC1. The Bertz CT molecular complexity index is 1510. The van der Waals surface area contributed by atoms with Gasteiger partial charge in [-0.25, -0.2) is 9.97 Å². The lowest BCUT2D eigenvalue weighted by molar-refractivity contribution is -0.129. The van der Waals surface area contributed by atoms with Gasteiger partial charge in [0.15, 0.2) is 5.69 Å². The van der Waals surface area contributed by atoms with Crippen molar-refractivity contribution < 1.29 is 19.1 Å². The first-order chi connectivity index (χ1) is 18.6. The quantitative estimate of drug-likeness (QED) is 0.372. The molecule has 1 saturated heterocycles. The smallest absolute Gasteiger partial charge is 0.277 e. The Morgan fingerprint density at radius 2 is 1.90 bits per heavy atom. The third kappa shape index (κ3) is 6.09. The molecule has 5 rings (SSSR count). The van der Waals surface area contributed by atoms with Gasteiger partial charge in [-0.15, -0.1) is 0 Å². The molecule has 0 unspecified atom stereocenters. The molecule has 0 bridgehead atoms. The second-order valence-electron chi connectivity index (χ2n) is 10.6. The first-order valence-corrected chi connectivity index (χ1v) is 13.0. The third-order valence-electron chi connectivity index (χ3n) is 6.81. The van der Waals surface area contributed by atoms with Gasteiger partial charge in [-0.3, -0.25) is 14.6 Å². The van der Waals surface area contributed by atoms with Crippen LogP contribution in [0.5, 0.6) is 0 Å². The monoisotopic (exact) mass is 531 g/mol. The first-order valence-electron chi connectivity index (χ1n) is 13.0. The molecular weight excluding hydrogens is 498 g/mol. The molecule has 1 aliphatic rings. The zero-order valence-corrected chi connectivity index (χ0v) is 22.6. The van der Waals surface area contributed by atoms with E-state index in [0.29, 0.717) is 50.6 Å². The molecule has 0 radical (unpaired) electrons. The summed E-state index contributed by atoms with van der Waals surface area (Å²) < 4.78 is 7.46. The number of fused-ring (bicyclic) bond motifs is 1. The minimum Gasteiger partial charge on any atom is -0.444 e. The van der Waals surface area contributed by atoms with Crippen molar-refractivity contribution in [3.8, 4) is 11.5 Å². The van der Waals surface area contributed by atoms with Gasteiger partial charge in [0.25, 0.3) is 5.91 Å². The van der Waals surface area contributed by atoms with E-state index in [1.807, 2.05) is 40.8 Å². The topological polar surface area (TPSA) is 129 Å². The molecular formula is C28H33N7O4. The van der Waals surface area contributed by atoms with Crippen LogP contribution in [0, 0.1) is 6.92 Å². The van der Waals surface area contributed by atoms with Gasteiger partial charge in [0.05, 0.1) is 22.7 Å². The highest BCUT2D eigenvalue weighted by molar-refractivity contribution is 6.05. The summed E-state index contributed by atoms with van der Waals surface area (Å²) in [4.78, 5) is 42.4. The molecule has 0 atom stereocenters. The van der Waals surface area contributed by atoms with Crippen molar-refractivity contribution in [3.63, 3.8) is 0 Å². The van der Waals surface area contributed by atoms with Crippen LogP contribution in [0.2, 0.25) is 0 Å². The van der Waals surface area contributed by atoms with Gasteiger partial charge in [-0.1, -0.05) is 0 Å². The summed E-state index contributed by atoms with van der Waals surface area (Å²) >= 11 is 0. The normalized spacial score (nSPS) is 14.2. The number of hydrogen-bond acceptors (Lipinski definition) is 8. The van der Waals surface area contributed by atoms with Gasteiger partial charge < -0.3 is 29.0 Å². The molecule has 2 amide bonds. The van der Waals surface area contributed by atoms with E-state index in [4.69, 9.17) is 9.40 Å². The number of pyridine rings is 2. The zero-order valence-electron chi connectivity index (χ0n) is 22.6. The lowest BCUT2D eigenvalue weighted by atomic mass is 10.0. The van der Waals surface area contributed by atoms with Gasteiger partial charge >= 0.3 is 0 Å². The molecule has 39 heavy (non-hydrogen) atoms. The van der Waals surface area contributed by atoms with Gasteiger partial charge in [0.1, 0.15) is 11.9 Å². The Morgan fingerprint density at radius 1 is 1.13 bits per heavy atom. The number of oxazole rings is 1. The number of aliphatic hydroxyl groups is 1. The van der Waals surface area contributed by atoms with Crippen LogP contribution < -0.4 is 10.2 Å². The summed E-state index contributed by atoms with van der Waals surface area (Å²) in [5.74, 6) is -0.0107. The summed E-state index contributed by atoms with van der Waals surface area (Å²) in [6.07, 6.45) is 7.96. The van der Waals surface area contributed by atoms with Crippen LogP contribution in [0.15, 0.2) is 47.5 Å². The lowest BCUT2D eigenvalue weighted by Crippen LogP contribution is -2.48. The Labute approximate surface area is 226 Å². The number of aryl methyl sites for hydroxylation is 2. The standard InChI is InChI=1S/C28H33N7O4/c1-18-13-20(6-8-29-18)27-32-23(17-39-27)26(37)31-22-16-35-15-21(5-7-28(3,4)38)30-25(35)14-24(22)34-11-9-33(10-12-34)19(2)36/h6,8,13-17,38H,5,7,9-12H2,1-4H3,(H,31,37). The van der Waals surface area contributed by atoms with Crippen molar-refractivity contribution in [3.05, 3.63) is 60.1 Å². The van der Waals surface area contributed by atoms with E-state index in [2.05, 4.69) is 20.2 Å². The molecule has 11 heteroatoms. The molecule has 4 aromatic rings. The van der Waals surface area contributed by atoms with Crippen molar-refractivity contribution >= 4 is 28.8 Å². The molecule has 204 valence electrons. The third-order valence-corrected chi connectivity index (χ3v) is 6.81. The Kier molecular flexibility index (Phi) is 7.09. The number of aromatic nitrogens is 4. The van der Waals surface area contributed by atoms with Crippen LogP contribution in [0.3, 0.4) is 0 Å². The molecule has 0 saturated carbocycles. The molecule has 11 nitrogen and oxygen atoms in total. The minimum absolute atomic E-state index is 0.0505. The lowest BCUT2D eigenvalue weighted by Gasteiger charge is -2.36. The van der Waals surface area contributed by atoms with E-state index >= 15 is 0 Å². The predicted octanol–water partition coefficient (Wildman–Crippen LogP) is 3.32. The number of anilines is 2. The number of piperazine rings is 1. The highest BCUT2D eigenvalue weighted by atomic mass is 16.3. The van der Waals surface area contributed by atoms with Crippen molar-refractivity contribution in [2.75, 3.05) is 36.4 Å². The fourth-order valence-corrected chi connectivity index (χ4v) is 4.63. The zero-order chi connectivity index (χ0) is 27.7. The number of nitrogens with zero attached hydrogens (tertiary/aromatic N) is 6.